The van der Waals surface area contributed by atoms with Gasteiger partial charge in [-0.05, 0) is 25.1 Å². The fraction of sp³-hybridized carbons (Fsp3) is 0.500. The normalized spacial score (nSPS) is 17.9. The molecule has 1 saturated heterocycles. The molecule has 5 heteroatoms. The number of nitrogens with one attached hydrogen (secondary N) is 2. The first kappa shape index (κ1) is 10.0. The molecule has 2 rings (SSSR count). The molecular formula is C10H14N4O. The molecule has 1 aliphatic heterocycles. The minimum atomic E-state index is -0.00676. The van der Waals surface area contributed by atoms with Gasteiger partial charge in [0.05, 0.1) is 0 Å². The number of anilines is 1. The second-order valence-electron chi connectivity index (χ2n) is 3.77. The number of carbonyl (C=O) groups is 1. The second kappa shape index (κ2) is 4.35. The van der Waals surface area contributed by atoms with Gasteiger partial charge in [-0.3, -0.25) is 10.1 Å². The predicted molar refractivity (Wildman–Crippen MR) is 56.2 cm³/mol. The summed E-state index contributed by atoms with van der Waals surface area (Å²) in [6.45, 7) is 3.78. The largest absolute Gasteiger partial charge is 0.316 e. The van der Waals surface area contributed by atoms with Crippen molar-refractivity contribution in [3.8, 4) is 0 Å². The van der Waals surface area contributed by atoms with E-state index < -0.39 is 0 Å². The number of aromatic nitrogens is 2. The summed E-state index contributed by atoms with van der Waals surface area (Å²) in [5.74, 6) is 0.818. The Morgan fingerprint density at radius 2 is 2.20 bits per heavy atom. The monoisotopic (exact) mass is 206 g/mol. The van der Waals surface area contributed by atoms with Crippen LogP contribution in [-0.4, -0.2) is 29.0 Å². The van der Waals surface area contributed by atoms with Gasteiger partial charge in [0.25, 0.3) is 0 Å². The maximum absolute atomic E-state index is 11.7. The molecule has 2 N–H and O–H groups in total. The molecule has 0 bridgehead atoms. The van der Waals surface area contributed by atoms with Crippen LogP contribution >= 0.6 is 0 Å². The average molecular weight is 206 g/mol. The van der Waals surface area contributed by atoms with Gasteiger partial charge in [0.1, 0.15) is 0 Å². The quantitative estimate of drug-likeness (QED) is 0.745. The van der Waals surface area contributed by atoms with Gasteiger partial charge in [-0.2, -0.15) is 0 Å². The molecule has 5 nitrogen and oxygen atoms in total. The van der Waals surface area contributed by atoms with Crippen molar-refractivity contribution in [2.75, 3.05) is 18.4 Å². The van der Waals surface area contributed by atoms with Crippen molar-refractivity contribution in [3.05, 3.63) is 18.5 Å². The van der Waals surface area contributed by atoms with E-state index in [1.807, 2.05) is 6.92 Å². The van der Waals surface area contributed by atoms with Gasteiger partial charge in [-0.15, -0.1) is 0 Å². The van der Waals surface area contributed by atoms with Crippen LogP contribution in [0.1, 0.15) is 6.92 Å². The first-order chi connectivity index (χ1) is 7.27. The Balaban J connectivity index is 1.91. The predicted octanol–water partition coefficient (Wildman–Crippen LogP) is 0.271. The smallest absolute Gasteiger partial charge is 0.229 e. The Morgan fingerprint density at radius 3 is 2.73 bits per heavy atom. The Labute approximate surface area is 88.3 Å². The minimum absolute atomic E-state index is 0.00676. The van der Waals surface area contributed by atoms with Crippen LogP contribution in [0.5, 0.6) is 0 Å². The maximum atomic E-state index is 11.7. The summed E-state index contributed by atoms with van der Waals surface area (Å²) in [7, 11) is 0. The van der Waals surface area contributed by atoms with E-state index in [-0.39, 0.29) is 11.8 Å². The summed E-state index contributed by atoms with van der Waals surface area (Å²) in [4.78, 5) is 19.6. The molecule has 1 aromatic heterocycles. The lowest BCUT2D eigenvalue weighted by molar-refractivity contribution is -0.121. The number of hydrogen-bond donors (Lipinski definition) is 2. The third-order valence-corrected chi connectivity index (χ3v) is 2.73. The Morgan fingerprint density at radius 1 is 1.53 bits per heavy atom. The van der Waals surface area contributed by atoms with Crippen molar-refractivity contribution in [2.45, 2.75) is 6.92 Å². The van der Waals surface area contributed by atoms with Crippen LogP contribution in [0.4, 0.5) is 5.95 Å². The zero-order valence-electron chi connectivity index (χ0n) is 8.60. The van der Waals surface area contributed by atoms with E-state index in [9.17, 15) is 4.79 Å². The highest BCUT2D eigenvalue weighted by Crippen LogP contribution is 2.16. The van der Waals surface area contributed by atoms with E-state index in [2.05, 4.69) is 20.6 Å². The highest BCUT2D eigenvalue weighted by atomic mass is 16.2. The van der Waals surface area contributed by atoms with Crippen LogP contribution in [0, 0.1) is 11.8 Å². The number of carbonyl (C=O) groups excluding carboxylic acids is 1. The van der Waals surface area contributed by atoms with Crippen molar-refractivity contribution in [1.82, 2.24) is 15.3 Å². The summed E-state index contributed by atoms with van der Waals surface area (Å²) in [6, 6.07) is 1.72. The SMILES string of the molecule is CC(C(=O)Nc1ncccn1)C1CNC1. The van der Waals surface area contributed by atoms with Crippen molar-refractivity contribution >= 4 is 11.9 Å². The van der Waals surface area contributed by atoms with Gasteiger partial charge in [0.2, 0.25) is 11.9 Å². The topological polar surface area (TPSA) is 66.9 Å². The molecule has 0 saturated carbocycles. The zero-order chi connectivity index (χ0) is 10.7. The van der Waals surface area contributed by atoms with Gasteiger partial charge in [0, 0.05) is 18.3 Å². The van der Waals surface area contributed by atoms with Gasteiger partial charge in [0.15, 0.2) is 0 Å². The van der Waals surface area contributed by atoms with Crippen LogP contribution in [0.15, 0.2) is 18.5 Å². The van der Waals surface area contributed by atoms with E-state index in [0.29, 0.717) is 11.9 Å². The third kappa shape index (κ3) is 2.30. The molecule has 0 spiro atoms. The number of rotatable bonds is 3. The first-order valence-corrected chi connectivity index (χ1v) is 5.06. The van der Waals surface area contributed by atoms with E-state index in [1.165, 1.54) is 0 Å². The molecule has 80 valence electrons. The number of nitrogens with zero attached hydrogens (tertiary/aromatic N) is 2. The molecule has 1 amide bonds. The molecule has 1 aromatic rings. The lowest BCUT2D eigenvalue weighted by atomic mass is 9.88. The van der Waals surface area contributed by atoms with Crippen LogP contribution in [0.2, 0.25) is 0 Å². The standard InChI is InChI=1S/C10H14N4O/c1-7(8-5-11-6-8)9(15)14-10-12-3-2-4-13-10/h2-4,7-8,11H,5-6H2,1H3,(H,12,13,14,15). The highest BCUT2D eigenvalue weighted by molar-refractivity contribution is 5.90. The molecule has 1 fully saturated rings. The third-order valence-electron chi connectivity index (χ3n) is 2.73. The molecule has 0 radical (unpaired) electrons. The molecule has 0 aliphatic carbocycles. The van der Waals surface area contributed by atoms with E-state index >= 15 is 0 Å². The van der Waals surface area contributed by atoms with Crippen molar-refractivity contribution in [1.29, 1.82) is 0 Å². The zero-order valence-corrected chi connectivity index (χ0v) is 8.60. The van der Waals surface area contributed by atoms with Crippen LogP contribution in [0.3, 0.4) is 0 Å². The molecule has 1 unspecified atom stereocenters. The van der Waals surface area contributed by atoms with Crippen molar-refractivity contribution in [3.63, 3.8) is 0 Å². The molecule has 1 aliphatic rings. The summed E-state index contributed by atoms with van der Waals surface area (Å²) in [5, 5.41) is 5.85. The number of hydrogen-bond acceptors (Lipinski definition) is 4. The fourth-order valence-corrected chi connectivity index (χ4v) is 1.47. The van der Waals surface area contributed by atoms with Crippen LogP contribution in [-0.2, 0) is 4.79 Å². The lowest BCUT2D eigenvalue weighted by Gasteiger charge is -2.31. The maximum Gasteiger partial charge on any atom is 0.229 e. The summed E-state index contributed by atoms with van der Waals surface area (Å²) in [5.41, 5.74) is 0. The second-order valence-corrected chi connectivity index (χ2v) is 3.77. The van der Waals surface area contributed by atoms with Gasteiger partial charge >= 0.3 is 0 Å². The van der Waals surface area contributed by atoms with Crippen LogP contribution < -0.4 is 10.6 Å². The summed E-state index contributed by atoms with van der Waals surface area (Å²) >= 11 is 0. The molecular weight excluding hydrogens is 192 g/mol. The molecule has 1 atom stereocenters. The van der Waals surface area contributed by atoms with Crippen LogP contribution in [0.25, 0.3) is 0 Å². The lowest BCUT2D eigenvalue weighted by Crippen LogP contribution is -2.48. The molecule has 15 heavy (non-hydrogen) atoms. The fourth-order valence-electron chi connectivity index (χ4n) is 1.47. The first-order valence-electron chi connectivity index (χ1n) is 5.06. The Hall–Kier alpha value is -1.49. The minimum Gasteiger partial charge on any atom is -0.316 e. The van der Waals surface area contributed by atoms with E-state index in [0.717, 1.165) is 13.1 Å². The summed E-state index contributed by atoms with van der Waals surface area (Å²) in [6.07, 6.45) is 3.22. The Kier molecular flexibility index (Phi) is 2.91. The average Bonchev–Trinajstić information content (AvgIpc) is 2.16. The van der Waals surface area contributed by atoms with Gasteiger partial charge in [-0.25, -0.2) is 9.97 Å². The molecule has 2 heterocycles. The summed E-state index contributed by atoms with van der Waals surface area (Å²) < 4.78 is 0. The van der Waals surface area contributed by atoms with Gasteiger partial charge in [-0.1, -0.05) is 6.92 Å². The number of amides is 1. The highest BCUT2D eigenvalue weighted by Gasteiger charge is 2.28. The van der Waals surface area contributed by atoms with E-state index in [1.54, 1.807) is 18.5 Å². The van der Waals surface area contributed by atoms with E-state index in [4.69, 9.17) is 0 Å². The molecule has 0 aromatic carbocycles. The van der Waals surface area contributed by atoms with Gasteiger partial charge < -0.3 is 5.32 Å². The van der Waals surface area contributed by atoms with Crippen molar-refractivity contribution in [2.24, 2.45) is 11.8 Å². The Bertz CT molecular complexity index is 337. The van der Waals surface area contributed by atoms with Crippen molar-refractivity contribution < 1.29 is 4.79 Å².